The summed E-state index contributed by atoms with van der Waals surface area (Å²) in [7, 11) is 0. The van der Waals surface area contributed by atoms with E-state index >= 15 is 0 Å². The molecule has 2 N–H and O–H groups in total. The van der Waals surface area contributed by atoms with E-state index in [1.165, 1.54) is 16.0 Å². The van der Waals surface area contributed by atoms with Gasteiger partial charge in [-0.05, 0) is 34.9 Å². The molecule has 0 radical (unpaired) electrons. The predicted octanol–water partition coefficient (Wildman–Crippen LogP) is 3.56. The molecule has 1 aliphatic carbocycles. The summed E-state index contributed by atoms with van der Waals surface area (Å²) >= 11 is 1.81. The molecule has 2 aliphatic rings. The summed E-state index contributed by atoms with van der Waals surface area (Å²) in [6.45, 7) is 2.07. The number of likely N-dealkylation sites (tertiary alicyclic amines) is 1. The molecule has 2 fully saturated rings. The quantitative estimate of drug-likeness (QED) is 0.693. The van der Waals surface area contributed by atoms with E-state index in [4.69, 9.17) is 5.73 Å². The lowest BCUT2D eigenvalue weighted by atomic mass is 10.1. The number of benzene rings is 1. The van der Waals surface area contributed by atoms with Crippen LogP contribution in [0.1, 0.15) is 24.3 Å². The Kier molecular flexibility index (Phi) is 3.57. The van der Waals surface area contributed by atoms with Crippen molar-refractivity contribution in [3.05, 3.63) is 52.5 Å². The van der Waals surface area contributed by atoms with Gasteiger partial charge in [-0.15, -0.1) is 11.3 Å². The number of nitrogens with two attached hydrogens (primary N) is 1. The topological polar surface area (TPSA) is 49.1 Å². The number of hydrogen-bond acceptors (Lipinski definition) is 3. The third-order valence-corrected chi connectivity index (χ3v) is 6.07. The van der Waals surface area contributed by atoms with Crippen LogP contribution in [0.3, 0.4) is 0 Å². The SMILES string of the molecule is NC1CC[N+]([O-])(CC2CC2c2ccsc2-c2ccccc2)C1. The molecule has 0 bridgehead atoms. The van der Waals surface area contributed by atoms with E-state index in [1.54, 1.807) is 0 Å². The van der Waals surface area contributed by atoms with Gasteiger partial charge in [-0.1, -0.05) is 30.3 Å². The molecule has 1 aromatic carbocycles. The summed E-state index contributed by atoms with van der Waals surface area (Å²) < 4.78 is -0.0624. The second-order valence-electron chi connectivity index (χ2n) is 6.87. The van der Waals surface area contributed by atoms with Crippen molar-refractivity contribution in [1.29, 1.82) is 0 Å². The van der Waals surface area contributed by atoms with Gasteiger partial charge >= 0.3 is 0 Å². The van der Waals surface area contributed by atoms with E-state index in [1.807, 2.05) is 11.3 Å². The standard InChI is InChI=1S/C18H22N2OS/c19-15-6-8-20(21,12-15)11-14-10-17(14)16-7-9-22-18(16)13-4-2-1-3-5-13/h1-5,7,9,14-15,17H,6,8,10-12,19H2. The number of hydroxylamine groups is 3. The molecule has 4 unspecified atom stereocenters. The summed E-state index contributed by atoms with van der Waals surface area (Å²) in [5.41, 5.74) is 8.66. The van der Waals surface area contributed by atoms with E-state index in [-0.39, 0.29) is 10.7 Å². The summed E-state index contributed by atoms with van der Waals surface area (Å²) in [6, 6.07) is 12.9. The Morgan fingerprint density at radius 3 is 2.77 bits per heavy atom. The third kappa shape index (κ3) is 2.72. The molecule has 0 spiro atoms. The molecule has 4 heteroatoms. The molecule has 1 aromatic heterocycles. The molecular formula is C18H22N2OS. The number of hydrogen-bond donors (Lipinski definition) is 1. The van der Waals surface area contributed by atoms with Crippen molar-refractivity contribution >= 4 is 11.3 Å². The first-order valence-corrected chi connectivity index (χ1v) is 8.98. The van der Waals surface area contributed by atoms with Crippen LogP contribution in [-0.2, 0) is 0 Å². The van der Waals surface area contributed by atoms with Crippen LogP contribution in [-0.4, -0.2) is 30.3 Å². The average molecular weight is 314 g/mol. The fourth-order valence-corrected chi connectivity index (χ4v) is 4.85. The van der Waals surface area contributed by atoms with E-state index in [0.717, 1.165) is 19.4 Å². The summed E-state index contributed by atoms with van der Waals surface area (Å²) in [6.07, 6.45) is 2.04. The first-order valence-electron chi connectivity index (χ1n) is 8.10. The number of thiophene rings is 1. The molecule has 1 saturated heterocycles. The lowest BCUT2D eigenvalue weighted by Crippen LogP contribution is -2.43. The van der Waals surface area contributed by atoms with Crippen LogP contribution in [0.5, 0.6) is 0 Å². The Morgan fingerprint density at radius 2 is 2.05 bits per heavy atom. The van der Waals surface area contributed by atoms with Gasteiger partial charge in [0.25, 0.3) is 0 Å². The van der Waals surface area contributed by atoms with Crippen LogP contribution >= 0.6 is 11.3 Å². The fraction of sp³-hybridized carbons (Fsp3) is 0.444. The van der Waals surface area contributed by atoms with Crippen molar-refractivity contribution in [3.8, 4) is 10.4 Å². The van der Waals surface area contributed by atoms with Gasteiger partial charge in [0.1, 0.15) is 0 Å². The second-order valence-corrected chi connectivity index (χ2v) is 7.79. The zero-order valence-corrected chi connectivity index (χ0v) is 13.5. The molecule has 1 saturated carbocycles. The van der Waals surface area contributed by atoms with Crippen molar-refractivity contribution in [3.63, 3.8) is 0 Å². The monoisotopic (exact) mass is 314 g/mol. The summed E-state index contributed by atoms with van der Waals surface area (Å²) in [5, 5.41) is 14.9. The second kappa shape index (κ2) is 5.46. The van der Waals surface area contributed by atoms with Crippen molar-refractivity contribution in [2.24, 2.45) is 11.7 Å². The van der Waals surface area contributed by atoms with Gasteiger partial charge in [0.15, 0.2) is 0 Å². The van der Waals surface area contributed by atoms with Crippen molar-refractivity contribution in [2.75, 3.05) is 19.6 Å². The van der Waals surface area contributed by atoms with Gasteiger partial charge in [-0.2, -0.15) is 0 Å². The maximum Gasteiger partial charge on any atom is 0.0940 e. The molecule has 4 rings (SSSR count). The minimum atomic E-state index is -0.0624. The Labute approximate surface area is 135 Å². The minimum absolute atomic E-state index is 0.0624. The van der Waals surface area contributed by atoms with Crippen LogP contribution < -0.4 is 5.73 Å². The van der Waals surface area contributed by atoms with Gasteiger partial charge in [-0.25, -0.2) is 0 Å². The van der Waals surface area contributed by atoms with E-state index in [2.05, 4.69) is 41.8 Å². The molecule has 2 heterocycles. The van der Waals surface area contributed by atoms with Gasteiger partial charge in [-0.3, -0.25) is 0 Å². The molecule has 3 nitrogen and oxygen atoms in total. The fourth-order valence-electron chi connectivity index (χ4n) is 3.87. The highest BCUT2D eigenvalue weighted by atomic mass is 32.1. The van der Waals surface area contributed by atoms with Gasteiger partial charge < -0.3 is 15.6 Å². The molecule has 0 amide bonds. The number of rotatable bonds is 4. The number of quaternary nitrogens is 1. The summed E-state index contributed by atoms with van der Waals surface area (Å²) in [4.78, 5) is 1.38. The lowest BCUT2D eigenvalue weighted by molar-refractivity contribution is -0.870. The van der Waals surface area contributed by atoms with Gasteiger partial charge in [0.05, 0.1) is 25.7 Å². The zero-order valence-electron chi connectivity index (χ0n) is 12.7. The van der Waals surface area contributed by atoms with Gasteiger partial charge in [0, 0.05) is 17.2 Å². The lowest BCUT2D eigenvalue weighted by Gasteiger charge is -2.39. The van der Waals surface area contributed by atoms with Crippen LogP contribution in [0.25, 0.3) is 10.4 Å². The van der Waals surface area contributed by atoms with Crippen molar-refractivity contribution in [1.82, 2.24) is 0 Å². The highest BCUT2D eigenvalue weighted by Gasteiger charge is 2.45. The molecule has 4 atom stereocenters. The van der Waals surface area contributed by atoms with Gasteiger partial charge in [0.2, 0.25) is 0 Å². The van der Waals surface area contributed by atoms with Crippen LogP contribution in [0.15, 0.2) is 41.8 Å². The maximum absolute atomic E-state index is 12.7. The van der Waals surface area contributed by atoms with Crippen molar-refractivity contribution in [2.45, 2.75) is 24.8 Å². The average Bonchev–Trinajstić information content (AvgIpc) is 2.95. The minimum Gasteiger partial charge on any atom is -0.633 e. The van der Waals surface area contributed by atoms with E-state index in [9.17, 15) is 5.21 Å². The first kappa shape index (κ1) is 14.4. The molecule has 116 valence electrons. The predicted molar refractivity (Wildman–Crippen MR) is 91.4 cm³/mol. The largest absolute Gasteiger partial charge is 0.633 e. The molecule has 2 aromatic rings. The Bertz CT molecular complexity index is 656. The van der Waals surface area contributed by atoms with E-state index in [0.29, 0.717) is 24.9 Å². The Balaban J connectivity index is 1.48. The van der Waals surface area contributed by atoms with Crippen LogP contribution in [0.2, 0.25) is 0 Å². The Morgan fingerprint density at radius 1 is 1.23 bits per heavy atom. The normalized spacial score (nSPS) is 34.0. The highest BCUT2D eigenvalue weighted by molar-refractivity contribution is 7.13. The zero-order chi connectivity index (χ0) is 15.2. The summed E-state index contributed by atoms with van der Waals surface area (Å²) in [5.74, 6) is 1.11. The van der Waals surface area contributed by atoms with Crippen molar-refractivity contribution < 1.29 is 4.65 Å². The first-order chi connectivity index (χ1) is 10.6. The van der Waals surface area contributed by atoms with Crippen LogP contribution in [0, 0.1) is 11.1 Å². The number of nitrogens with zero attached hydrogens (tertiary/aromatic N) is 1. The Hall–Kier alpha value is -1.20. The molecule has 1 aliphatic heterocycles. The smallest absolute Gasteiger partial charge is 0.0940 e. The highest BCUT2D eigenvalue weighted by Crippen LogP contribution is 2.52. The third-order valence-electron chi connectivity index (χ3n) is 5.10. The maximum atomic E-state index is 12.7. The molecule has 22 heavy (non-hydrogen) atoms. The van der Waals surface area contributed by atoms with Crippen LogP contribution in [0.4, 0.5) is 0 Å². The molecular weight excluding hydrogens is 292 g/mol. The van der Waals surface area contributed by atoms with E-state index < -0.39 is 0 Å².